The van der Waals surface area contributed by atoms with Crippen LogP contribution in [0.1, 0.15) is 37.2 Å². The zero-order valence-corrected chi connectivity index (χ0v) is 12.1. The second-order valence-corrected chi connectivity index (χ2v) is 6.25. The van der Waals surface area contributed by atoms with E-state index in [1.165, 1.54) is 0 Å². The first-order chi connectivity index (χ1) is 9.15. The molecule has 0 aliphatic heterocycles. The van der Waals surface area contributed by atoms with E-state index in [0.717, 1.165) is 17.1 Å². The minimum atomic E-state index is -0.104. The number of rotatable bonds is 6. The van der Waals surface area contributed by atoms with Crippen LogP contribution >= 0.6 is 11.8 Å². The third-order valence-corrected chi connectivity index (χ3v) is 3.77. The number of benzene rings is 1. The van der Waals surface area contributed by atoms with E-state index in [0.29, 0.717) is 17.6 Å². The summed E-state index contributed by atoms with van der Waals surface area (Å²) in [6.07, 6.45) is 0.573. The Labute approximate surface area is 117 Å². The Kier molecular flexibility index (Phi) is 4.99. The molecule has 1 aromatic carbocycles. The highest BCUT2D eigenvalue weighted by Crippen LogP contribution is 2.17. The average molecular weight is 277 g/mol. The monoisotopic (exact) mass is 277 g/mol. The van der Waals surface area contributed by atoms with Gasteiger partial charge in [-0.1, -0.05) is 49.3 Å². The van der Waals surface area contributed by atoms with Crippen LogP contribution in [-0.4, -0.2) is 15.4 Å². The SMILES string of the molecule is CC(C)SCc1noc(CC(N)c2ccccc2)n1. The Morgan fingerprint density at radius 3 is 2.68 bits per heavy atom. The zero-order chi connectivity index (χ0) is 13.7. The minimum Gasteiger partial charge on any atom is -0.339 e. The van der Waals surface area contributed by atoms with E-state index in [4.69, 9.17) is 10.3 Å². The van der Waals surface area contributed by atoms with Gasteiger partial charge in [-0.05, 0) is 10.8 Å². The van der Waals surface area contributed by atoms with Gasteiger partial charge in [-0.2, -0.15) is 16.7 Å². The molecule has 2 aromatic rings. The topological polar surface area (TPSA) is 64.9 Å². The largest absolute Gasteiger partial charge is 0.339 e. The van der Waals surface area contributed by atoms with Crippen LogP contribution in [0.15, 0.2) is 34.9 Å². The average Bonchev–Trinajstić information content (AvgIpc) is 2.85. The molecule has 4 nitrogen and oxygen atoms in total. The summed E-state index contributed by atoms with van der Waals surface area (Å²) in [5, 5.41) is 4.54. The summed E-state index contributed by atoms with van der Waals surface area (Å²) in [6, 6.07) is 9.85. The minimum absolute atomic E-state index is 0.104. The van der Waals surface area contributed by atoms with Crippen molar-refractivity contribution in [3.63, 3.8) is 0 Å². The predicted molar refractivity (Wildman–Crippen MR) is 77.8 cm³/mol. The predicted octanol–water partition coefficient (Wildman–Crippen LogP) is 2.95. The lowest BCUT2D eigenvalue weighted by molar-refractivity contribution is 0.366. The molecule has 1 unspecified atom stereocenters. The molecule has 0 saturated carbocycles. The first-order valence-corrected chi connectivity index (χ1v) is 7.43. The molecule has 2 rings (SSSR count). The Bertz CT molecular complexity index is 498. The number of nitrogens with two attached hydrogens (primary N) is 1. The number of thioether (sulfide) groups is 1. The van der Waals surface area contributed by atoms with E-state index >= 15 is 0 Å². The fourth-order valence-electron chi connectivity index (χ4n) is 1.68. The smallest absolute Gasteiger partial charge is 0.228 e. The number of hydrogen-bond donors (Lipinski definition) is 1. The van der Waals surface area contributed by atoms with Gasteiger partial charge in [0.05, 0.1) is 5.75 Å². The fourth-order valence-corrected chi connectivity index (χ4v) is 2.28. The normalized spacial score (nSPS) is 12.8. The van der Waals surface area contributed by atoms with Crippen molar-refractivity contribution in [2.75, 3.05) is 0 Å². The van der Waals surface area contributed by atoms with Crippen molar-refractivity contribution in [3.05, 3.63) is 47.6 Å². The lowest BCUT2D eigenvalue weighted by Gasteiger charge is -2.08. The molecule has 0 aliphatic carbocycles. The molecule has 5 heteroatoms. The summed E-state index contributed by atoms with van der Waals surface area (Å²) in [5.74, 6) is 2.13. The summed E-state index contributed by atoms with van der Waals surface area (Å²) in [6.45, 7) is 4.30. The van der Waals surface area contributed by atoms with E-state index < -0.39 is 0 Å². The van der Waals surface area contributed by atoms with Crippen LogP contribution < -0.4 is 5.73 Å². The number of nitrogens with zero attached hydrogens (tertiary/aromatic N) is 2. The van der Waals surface area contributed by atoms with Gasteiger partial charge in [0.1, 0.15) is 0 Å². The Hall–Kier alpha value is -1.33. The first-order valence-electron chi connectivity index (χ1n) is 6.38. The fraction of sp³-hybridized carbons (Fsp3) is 0.429. The van der Waals surface area contributed by atoms with Gasteiger partial charge in [0.2, 0.25) is 5.89 Å². The van der Waals surface area contributed by atoms with Gasteiger partial charge in [-0.15, -0.1) is 0 Å². The highest BCUT2D eigenvalue weighted by atomic mass is 32.2. The molecule has 0 amide bonds. The van der Waals surface area contributed by atoms with Gasteiger partial charge in [0.25, 0.3) is 0 Å². The molecule has 1 atom stereocenters. The maximum atomic E-state index is 6.13. The lowest BCUT2D eigenvalue weighted by Crippen LogP contribution is -2.13. The van der Waals surface area contributed by atoms with Crippen molar-refractivity contribution in [1.29, 1.82) is 0 Å². The van der Waals surface area contributed by atoms with Gasteiger partial charge in [0.15, 0.2) is 5.82 Å². The van der Waals surface area contributed by atoms with Gasteiger partial charge in [-0.3, -0.25) is 0 Å². The summed E-state index contributed by atoms with van der Waals surface area (Å²) in [7, 11) is 0. The third kappa shape index (κ3) is 4.36. The second-order valence-electron chi connectivity index (χ2n) is 4.69. The van der Waals surface area contributed by atoms with Crippen LogP contribution in [0.5, 0.6) is 0 Å². The Morgan fingerprint density at radius 2 is 2.00 bits per heavy atom. The Balaban J connectivity index is 1.93. The zero-order valence-electron chi connectivity index (χ0n) is 11.2. The van der Waals surface area contributed by atoms with Crippen molar-refractivity contribution in [2.24, 2.45) is 5.73 Å². The van der Waals surface area contributed by atoms with Crippen molar-refractivity contribution < 1.29 is 4.52 Å². The molecule has 102 valence electrons. The van der Waals surface area contributed by atoms with E-state index in [9.17, 15) is 0 Å². The summed E-state index contributed by atoms with van der Waals surface area (Å²) >= 11 is 1.80. The molecule has 0 bridgehead atoms. The maximum absolute atomic E-state index is 6.13. The van der Waals surface area contributed by atoms with Crippen molar-refractivity contribution >= 4 is 11.8 Å². The van der Waals surface area contributed by atoms with Crippen molar-refractivity contribution in [2.45, 2.75) is 37.3 Å². The lowest BCUT2D eigenvalue weighted by atomic mass is 10.1. The van der Waals surface area contributed by atoms with Crippen LogP contribution in [0.25, 0.3) is 0 Å². The molecule has 2 N–H and O–H groups in total. The van der Waals surface area contributed by atoms with Crippen LogP contribution in [0, 0.1) is 0 Å². The molecule has 19 heavy (non-hydrogen) atoms. The number of hydrogen-bond acceptors (Lipinski definition) is 5. The molecule has 1 aromatic heterocycles. The van der Waals surface area contributed by atoms with E-state index in [1.807, 2.05) is 30.3 Å². The number of aromatic nitrogens is 2. The molecule has 0 saturated heterocycles. The van der Waals surface area contributed by atoms with E-state index in [-0.39, 0.29) is 6.04 Å². The van der Waals surface area contributed by atoms with E-state index in [2.05, 4.69) is 24.0 Å². The summed E-state index contributed by atoms with van der Waals surface area (Å²) in [5.41, 5.74) is 7.21. The summed E-state index contributed by atoms with van der Waals surface area (Å²) < 4.78 is 5.23. The quantitative estimate of drug-likeness (QED) is 0.879. The van der Waals surface area contributed by atoms with Gasteiger partial charge < -0.3 is 10.3 Å². The highest BCUT2D eigenvalue weighted by molar-refractivity contribution is 7.99. The Morgan fingerprint density at radius 1 is 1.26 bits per heavy atom. The summed E-state index contributed by atoms with van der Waals surface area (Å²) in [4.78, 5) is 4.37. The standard InChI is InChI=1S/C14H19N3OS/c1-10(2)19-9-13-16-14(18-17-13)8-12(15)11-6-4-3-5-7-11/h3-7,10,12H,8-9,15H2,1-2H3. The second kappa shape index (κ2) is 6.73. The van der Waals surface area contributed by atoms with Crippen LogP contribution in [0.4, 0.5) is 0 Å². The van der Waals surface area contributed by atoms with Gasteiger partial charge in [0, 0.05) is 12.5 Å². The van der Waals surface area contributed by atoms with Crippen LogP contribution in [-0.2, 0) is 12.2 Å². The first kappa shape index (κ1) is 14.1. The molecule has 0 aliphatic rings. The van der Waals surface area contributed by atoms with E-state index in [1.54, 1.807) is 11.8 Å². The molecular formula is C14H19N3OS. The molecule has 0 spiro atoms. The molecular weight excluding hydrogens is 258 g/mol. The van der Waals surface area contributed by atoms with Gasteiger partial charge in [-0.25, -0.2) is 0 Å². The van der Waals surface area contributed by atoms with Gasteiger partial charge >= 0.3 is 0 Å². The highest BCUT2D eigenvalue weighted by Gasteiger charge is 2.13. The van der Waals surface area contributed by atoms with Crippen molar-refractivity contribution in [1.82, 2.24) is 10.1 Å². The maximum Gasteiger partial charge on any atom is 0.228 e. The molecule has 0 fully saturated rings. The molecule has 1 heterocycles. The molecule has 0 radical (unpaired) electrons. The van der Waals surface area contributed by atoms with Crippen LogP contribution in [0.3, 0.4) is 0 Å². The van der Waals surface area contributed by atoms with Crippen molar-refractivity contribution in [3.8, 4) is 0 Å². The van der Waals surface area contributed by atoms with Crippen LogP contribution in [0.2, 0.25) is 0 Å². The third-order valence-electron chi connectivity index (χ3n) is 2.68.